The lowest BCUT2D eigenvalue weighted by Crippen LogP contribution is -2.46. The molecule has 1 aliphatic rings. The van der Waals surface area contributed by atoms with Gasteiger partial charge >= 0.3 is 5.76 Å². The highest BCUT2D eigenvalue weighted by molar-refractivity contribution is 5.76. The number of fused-ring (bicyclic) bond motifs is 1. The molecule has 4 rings (SSSR count). The van der Waals surface area contributed by atoms with Gasteiger partial charge in [-0.25, -0.2) is 9.78 Å². The van der Waals surface area contributed by atoms with Gasteiger partial charge in [0.1, 0.15) is 5.82 Å². The molecule has 8 heteroatoms. The summed E-state index contributed by atoms with van der Waals surface area (Å²) < 4.78 is 6.68. The zero-order valence-electron chi connectivity index (χ0n) is 17.2. The molecule has 0 aliphatic carbocycles. The summed E-state index contributed by atoms with van der Waals surface area (Å²) in [5, 5.41) is 2.90. The van der Waals surface area contributed by atoms with Gasteiger partial charge in [-0.3, -0.25) is 9.36 Å². The first-order valence-electron chi connectivity index (χ1n) is 10.4. The standard InChI is InChI=1S/C22H27N5O3/c1-2-25-11-13-26(14-12-25)20-8-7-17(15-23-20)16-24-21(28)9-10-27-18-5-3-4-6-19(18)30-22(27)29/h3-8,15H,2,9-14,16H2,1H3,(H,24,28). The fraction of sp³-hybridized carbons (Fsp3) is 0.409. The van der Waals surface area contributed by atoms with Crippen molar-refractivity contribution in [1.82, 2.24) is 19.8 Å². The van der Waals surface area contributed by atoms with Crippen LogP contribution in [0.5, 0.6) is 0 Å². The van der Waals surface area contributed by atoms with E-state index in [9.17, 15) is 9.59 Å². The quantitative estimate of drug-likeness (QED) is 0.641. The lowest BCUT2D eigenvalue weighted by molar-refractivity contribution is -0.121. The molecule has 1 N–H and O–H groups in total. The number of aryl methyl sites for hydroxylation is 1. The van der Waals surface area contributed by atoms with Crippen LogP contribution in [0.25, 0.3) is 11.1 Å². The monoisotopic (exact) mass is 409 g/mol. The van der Waals surface area contributed by atoms with E-state index in [0.717, 1.165) is 44.1 Å². The largest absolute Gasteiger partial charge is 0.419 e. The number of carbonyl (C=O) groups excluding carboxylic acids is 1. The Morgan fingerprint density at radius 1 is 1.13 bits per heavy atom. The van der Waals surface area contributed by atoms with Crippen LogP contribution in [-0.2, 0) is 17.9 Å². The molecule has 2 aromatic heterocycles. The van der Waals surface area contributed by atoms with Crippen molar-refractivity contribution in [1.29, 1.82) is 0 Å². The minimum Gasteiger partial charge on any atom is -0.408 e. The number of oxazole rings is 1. The molecule has 1 aliphatic heterocycles. The van der Waals surface area contributed by atoms with Gasteiger partial charge in [-0.05, 0) is 30.3 Å². The number of piperazine rings is 1. The van der Waals surface area contributed by atoms with Crippen molar-refractivity contribution in [2.75, 3.05) is 37.6 Å². The third-order valence-electron chi connectivity index (χ3n) is 5.58. The summed E-state index contributed by atoms with van der Waals surface area (Å²) >= 11 is 0. The van der Waals surface area contributed by atoms with Gasteiger partial charge < -0.3 is 19.5 Å². The second-order valence-electron chi connectivity index (χ2n) is 7.46. The van der Waals surface area contributed by atoms with Gasteiger partial charge in [0.2, 0.25) is 5.91 Å². The molecule has 0 spiro atoms. The van der Waals surface area contributed by atoms with Crippen LogP contribution < -0.4 is 16.0 Å². The molecule has 1 aromatic carbocycles. The zero-order chi connectivity index (χ0) is 20.9. The molecule has 0 unspecified atom stereocenters. The Labute approximate surface area is 175 Å². The predicted molar refractivity (Wildman–Crippen MR) is 116 cm³/mol. The third kappa shape index (κ3) is 4.54. The molecule has 8 nitrogen and oxygen atoms in total. The van der Waals surface area contributed by atoms with Crippen molar-refractivity contribution in [2.24, 2.45) is 0 Å². The Hall–Kier alpha value is -3.13. The molecule has 0 bridgehead atoms. The number of hydrogen-bond donors (Lipinski definition) is 1. The van der Waals surface area contributed by atoms with E-state index in [0.29, 0.717) is 17.6 Å². The lowest BCUT2D eigenvalue weighted by atomic mass is 10.2. The average molecular weight is 409 g/mol. The van der Waals surface area contributed by atoms with Gasteiger partial charge in [0.05, 0.1) is 5.52 Å². The Morgan fingerprint density at radius 3 is 2.67 bits per heavy atom. The number of pyridine rings is 1. The van der Waals surface area contributed by atoms with Crippen molar-refractivity contribution in [2.45, 2.75) is 26.4 Å². The molecule has 3 aromatic rings. The molecule has 0 radical (unpaired) electrons. The zero-order valence-corrected chi connectivity index (χ0v) is 17.2. The van der Waals surface area contributed by atoms with Gasteiger partial charge in [-0.1, -0.05) is 25.1 Å². The van der Waals surface area contributed by atoms with E-state index in [2.05, 4.69) is 27.0 Å². The van der Waals surface area contributed by atoms with Crippen molar-refractivity contribution in [3.8, 4) is 0 Å². The van der Waals surface area contributed by atoms with Crippen LogP contribution in [0.1, 0.15) is 18.9 Å². The number of para-hydroxylation sites is 2. The maximum atomic E-state index is 12.2. The number of amides is 1. The Morgan fingerprint density at radius 2 is 1.93 bits per heavy atom. The second-order valence-corrected chi connectivity index (χ2v) is 7.46. The fourth-order valence-corrected chi connectivity index (χ4v) is 3.73. The highest BCUT2D eigenvalue weighted by Gasteiger charge is 2.16. The van der Waals surface area contributed by atoms with Crippen molar-refractivity contribution < 1.29 is 9.21 Å². The van der Waals surface area contributed by atoms with Gasteiger partial charge in [0, 0.05) is 51.9 Å². The number of nitrogens with zero attached hydrogens (tertiary/aromatic N) is 4. The van der Waals surface area contributed by atoms with Crippen LogP contribution in [0.15, 0.2) is 51.8 Å². The van der Waals surface area contributed by atoms with Crippen LogP contribution in [-0.4, -0.2) is 53.1 Å². The Kier molecular flexibility index (Phi) is 6.13. The van der Waals surface area contributed by atoms with E-state index >= 15 is 0 Å². The number of rotatable bonds is 7. The van der Waals surface area contributed by atoms with Crippen molar-refractivity contribution >= 4 is 22.8 Å². The summed E-state index contributed by atoms with van der Waals surface area (Å²) in [5.74, 6) is 0.419. The minimum absolute atomic E-state index is 0.119. The highest BCUT2D eigenvalue weighted by atomic mass is 16.4. The lowest BCUT2D eigenvalue weighted by Gasteiger charge is -2.34. The first kappa shape index (κ1) is 20.2. The summed E-state index contributed by atoms with van der Waals surface area (Å²) in [6.07, 6.45) is 2.02. The van der Waals surface area contributed by atoms with E-state index in [4.69, 9.17) is 4.42 Å². The molecule has 3 heterocycles. The van der Waals surface area contributed by atoms with Crippen molar-refractivity contribution in [3.63, 3.8) is 0 Å². The SMILES string of the molecule is CCN1CCN(c2ccc(CNC(=O)CCn3c(=O)oc4ccccc43)cn2)CC1. The predicted octanol–water partition coefficient (Wildman–Crippen LogP) is 1.84. The Bertz CT molecular complexity index is 1050. The number of carbonyl (C=O) groups is 1. The highest BCUT2D eigenvalue weighted by Crippen LogP contribution is 2.14. The van der Waals surface area contributed by atoms with E-state index in [1.54, 1.807) is 6.07 Å². The van der Waals surface area contributed by atoms with E-state index in [1.165, 1.54) is 4.57 Å². The number of likely N-dealkylation sites (N-methyl/N-ethyl adjacent to an activating group) is 1. The Balaban J connectivity index is 1.27. The number of aromatic nitrogens is 2. The number of nitrogens with one attached hydrogen (secondary N) is 1. The number of benzene rings is 1. The normalized spacial score (nSPS) is 14.9. The molecular formula is C22H27N5O3. The first-order valence-corrected chi connectivity index (χ1v) is 10.4. The summed E-state index contributed by atoms with van der Waals surface area (Å²) in [7, 11) is 0. The van der Waals surface area contributed by atoms with Crippen LogP contribution in [0, 0.1) is 0 Å². The van der Waals surface area contributed by atoms with Gasteiger partial charge in [-0.15, -0.1) is 0 Å². The summed E-state index contributed by atoms with van der Waals surface area (Å²) in [6, 6.07) is 11.2. The number of anilines is 1. The smallest absolute Gasteiger partial charge is 0.408 e. The molecule has 158 valence electrons. The van der Waals surface area contributed by atoms with Crippen LogP contribution in [0.4, 0.5) is 5.82 Å². The van der Waals surface area contributed by atoms with Crippen LogP contribution in [0.3, 0.4) is 0 Å². The summed E-state index contributed by atoms with van der Waals surface area (Å²) in [6.45, 7) is 8.06. The fourth-order valence-electron chi connectivity index (χ4n) is 3.73. The van der Waals surface area contributed by atoms with Crippen molar-refractivity contribution in [3.05, 3.63) is 58.7 Å². The van der Waals surface area contributed by atoms with Gasteiger partial charge in [0.25, 0.3) is 0 Å². The first-order chi connectivity index (χ1) is 14.6. The maximum Gasteiger partial charge on any atom is 0.419 e. The molecule has 1 fully saturated rings. The molecule has 1 saturated heterocycles. The molecule has 0 atom stereocenters. The third-order valence-corrected chi connectivity index (χ3v) is 5.58. The topological polar surface area (TPSA) is 83.6 Å². The van der Waals surface area contributed by atoms with Crippen LogP contribution in [0.2, 0.25) is 0 Å². The number of hydrogen-bond acceptors (Lipinski definition) is 6. The van der Waals surface area contributed by atoms with E-state index < -0.39 is 5.76 Å². The van der Waals surface area contributed by atoms with Crippen LogP contribution >= 0.6 is 0 Å². The molecular weight excluding hydrogens is 382 g/mol. The summed E-state index contributed by atoms with van der Waals surface area (Å²) in [4.78, 5) is 33.5. The van der Waals surface area contributed by atoms with Gasteiger partial charge in [0.15, 0.2) is 5.58 Å². The summed E-state index contributed by atoms with van der Waals surface area (Å²) in [5.41, 5.74) is 2.19. The van der Waals surface area contributed by atoms with Gasteiger partial charge in [-0.2, -0.15) is 0 Å². The average Bonchev–Trinajstić information content (AvgIpc) is 3.11. The van der Waals surface area contributed by atoms with E-state index in [-0.39, 0.29) is 18.9 Å². The van der Waals surface area contributed by atoms with E-state index in [1.807, 2.05) is 36.5 Å². The molecule has 1 amide bonds. The second kappa shape index (κ2) is 9.13. The maximum absolute atomic E-state index is 12.2. The molecule has 0 saturated carbocycles. The molecule has 30 heavy (non-hydrogen) atoms. The minimum atomic E-state index is -0.441.